The highest BCUT2D eigenvalue weighted by Gasteiger charge is 2.10. The summed E-state index contributed by atoms with van der Waals surface area (Å²) in [6.07, 6.45) is 1.69. The number of methoxy groups -OCH3 is 1. The maximum atomic E-state index is 12.3. The molecule has 0 aliphatic carbocycles. The summed E-state index contributed by atoms with van der Waals surface area (Å²) in [6, 6.07) is 15.7. The van der Waals surface area contributed by atoms with Gasteiger partial charge in [0.1, 0.15) is 5.75 Å². The van der Waals surface area contributed by atoms with Crippen molar-refractivity contribution in [3.05, 3.63) is 81.9 Å². The zero-order chi connectivity index (χ0) is 20.5. The second kappa shape index (κ2) is 7.41. The van der Waals surface area contributed by atoms with Gasteiger partial charge in [0.05, 0.1) is 28.6 Å². The van der Waals surface area contributed by atoms with E-state index in [1.54, 1.807) is 13.2 Å². The molecule has 0 saturated carbocycles. The van der Waals surface area contributed by atoms with E-state index in [-0.39, 0.29) is 27.5 Å². The highest BCUT2D eigenvalue weighted by atomic mass is 35.5. The van der Waals surface area contributed by atoms with Crippen LogP contribution in [0.3, 0.4) is 0 Å². The highest BCUT2D eigenvalue weighted by molar-refractivity contribution is 6.50. The number of H-pyrrole nitrogens is 1. The van der Waals surface area contributed by atoms with Crippen molar-refractivity contribution in [1.29, 1.82) is 0 Å². The summed E-state index contributed by atoms with van der Waals surface area (Å²) in [7, 11) is 1.62. The molecule has 0 aliphatic rings. The third-order valence-electron chi connectivity index (χ3n) is 4.54. The lowest BCUT2D eigenvalue weighted by molar-refractivity contribution is 0.0697. The number of fused-ring (bicyclic) bond motifs is 2. The zero-order valence-corrected chi connectivity index (χ0v) is 16.0. The zero-order valence-electron chi connectivity index (χ0n) is 15.3. The Balaban J connectivity index is 1.76. The predicted octanol–water partition coefficient (Wildman–Crippen LogP) is 4.52. The first kappa shape index (κ1) is 18.7. The van der Waals surface area contributed by atoms with Gasteiger partial charge in [-0.25, -0.2) is 9.78 Å². The van der Waals surface area contributed by atoms with Crippen molar-refractivity contribution < 1.29 is 14.6 Å². The maximum Gasteiger partial charge on any atom is 0.335 e. The number of carboxylic acid groups (broad SMARTS) is 1. The molecule has 29 heavy (non-hydrogen) atoms. The van der Waals surface area contributed by atoms with Crippen molar-refractivity contribution >= 4 is 50.4 Å². The van der Waals surface area contributed by atoms with Gasteiger partial charge in [0.25, 0.3) is 5.56 Å². The van der Waals surface area contributed by atoms with Crippen LogP contribution in [0.15, 0.2) is 59.4 Å². The van der Waals surface area contributed by atoms with Crippen LogP contribution in [0.4, 0.5) is 0 Å². The number of aromatic nitrogens is 2. The van der Waals surface area contributed by atoms with Crippen molar-refractivity contribution in [2.24, 2.45) is 0 Å². The number of benzene rings is 3. The fourth-order valence-corrected chi connectivity index (χ4v) is 3.27. The highest BCUT2D eigenvalue weighted by Crippen LogP contribution is 2.25. The van der Waals surface area contributed by atoms with Crippen LogP contribution >= 0.6 is 11.6 Å². The summed E-state index contributed by atoms with van der Waals surface area (Å²) in [5.41, 5.74) is 0.751. The summed E-state index contributed by atoms with van der Waals surface area (Å²) in [6.45, 7) is 0. The summed E-state index contributed by atoms with van der Waals surface area (Å²) in [5.74, 6) is -0.149. The van der Waals surface area contributed by atoms with E-state index in [9.17, 15) is 9.59 Å². The van der Waals surface area contributed by atoms with Crippen molar-refractivity contribution in [2.75, 3.05) is 7.11 Å². The summed E-state index contributed by atoms with van der Waals surface area (Å²) < 4.78 is 5.23. The molecule has 0 bridgehead atoms. The van der Waals surface area contributed by atoms with Gasteiger partial charge in [-0.1, -0.05) is 29.8 Å². The smallest absolute Gasteiger partial charge is 0.335 e. The van der Waals surface area contributed by atoms with Crippen LogP contribution in [0.2, 0.25) is 0 Å². The van der Waals surface area contributed by atoms with Gasteiger partial charge in [-0.2, -0.15) is 0 Å². The fourth-order valence-electron chi connectivity index (χ4n) is 3.06. The van der Waals surface area contributed by atoms with Crippen molar-refractivity contribution in [2.45, 2.75) is 0 Å². The Hall–Kier alpha value is -3.64. The molecule has 0 unspecified atom stereocenters. The van der Waals surface area contributed by atoms with Gasteiger partial charge < -0.3 is 14.8 Å². The molecule has 7 heteroatoms. The summed E-state index contributed by atoms with van der Waals surface area (Å²) >= 11 is 6.41. The Bertz CT molecular complexity index is 1360. The molecule has 0 saturated heterocycles. The topological polar surface area (TPSA) is 92.3 Å². The van der Waals surface area contributed by atoms with Gasteiger partial charge in [-0.3, -0.25) is 4.79 Å². The third-order valence-corrected chi connectivity index (χ3v) is 4.83. The average Bonchev–Trinajstić information content (AvgIpc) is 2.72. The number of carbonyl (C=O) groups is 1. The molecule has 4 rings (SSSR count). The van der Waals surface area contributed by atoms with Crippen LogP contribution in [0, 0.1) is 0 Å². The second-order valence-corrected chi connectivity index (χ2v) is 6.82. The number of halogens is 1. The van der Waals surface area contributed by atoms with E-state index in [1.165, 1.54) is 18.2 Å². The molecule has 0 spiro atoms. The molecule has 144 valence electrons. The third kappa shape index (κ3) is 3.70. The Morgan fingerprint density at radius 1 is 1.10 bits per heavy atom. The van der Waals surface area contributed by atoms with Gasteiger partial charge in [0.2, 0.25) is 0 Å². The first-order chi connectivity index (χ1) is 13.9. The van der Waals surface area contributed by atoms with Gasteiger partial charge in [-0.15, -0.1) is 0 Å². The minimum atomic E-state index is -1.09. The van der Waals surface area contributed by atoms with E-state index in [0.29, 0.717) is 5.39 Å². The van der Waals surface area contributed by atoms with E-state index in [0.717, 1.165) is 22.1 Å². The Kier molecular flexibility index (Phi) is 4.78. The van der Waals surface area contributed by atoms with Gasteiger partial charge >= 0.3 is 5.97 Å². The monoisotopic (exact) mass is 406 g/mol. The number of hydrogen-bond acceptors (Lipinski definition) is 4. The molecule has 0 atom stereocenters. The first-order valence-electron chi connectivity index (χ1n) is 8.67. The van der Waals surface area contributed by atoms with Gasteiger partial charge in [0, 0.05) is 0 Å². The minimum Gasteiger partial charge on any atom is -0.497 e. The van der Waals surface area contributed by atoms with Crippen LogP contribution in [0.5, 0.6) is 5.75 Å². The molecule has 0 fully saturated rings. The number of rotatable bonds is 4. The molecule has 1 heterocycles. The number of ether oxygens (including phenoxy) is 1. The van der Waals surface area contributed by atoms with E-state index >= 15 is 0 Å². The van der Waals surface area contributed by atoms with Crippen LogP contribution in [-0.2, 0) is 0 Å². The van der Waals surface area contributed by atoms with Crippen molar-refractivity contribution in [3.63, 3.8) is 0 Å². The van der Waals surface area contributed by atoms with E-state index in [1.807, 2.05) is 36.4 Å². The number of carboxylic acids is 1. The van der Waals surface area contributed by atoms with Crippen LogP contribution in [-0.4, -0.2) is 28.2 Å². The molecule has 0 aliphatic heterocycles. The largest absolute Gasteiger partial charge is 0.497 e. The van der Waals surface area contributed by atoms with Crippen LogP contribution < -0.4 is 10.3 Å². The van der Waals surface area contributed by atoms with Crippen LogP contribution in [0.1, 0.15) is 21.7 Å². The van der Waals surface area contributed by atoms with Crippen LogP contribution in [0.25, 0.3) is 32.8 Å². The van der Waals surface area contributed by atoms with E-state index in [2.05, 4.69) is 9.97 Å². The van der Waals surface area contributed by atoms with Gasteiger partial charge in [-0.05, 0) is 58.8 Å². The lowest BCUT2D eigenvalue weighted by atomic mass is 10.1. The van der Waals surface area contributed by atoms with Gasteiger partial charge in [0.15, 0.2) is 5.82 Å². The maximum absolute atomic E-state index is 12.3. The second-order valence-electron chi connectivity index (χ2n) is 6.42. The predicted molar refractivity (Wildman–Crippen MR) is 114 cm³/mol. The lowest BCUT2D eigenvalue weighted by Gasteiger charge is -2.05. The standard InChI is InChI=1S/C22H15ClN2O4/c1-29-16-6-4-13-8-12(2-3-14(13)10-16)9-18(23)20-24-19-11-15(22(27)28)5-7-17(19)21(26)25-20/h2-11H,1H3,(H,27,28)(H,24,25,26)/b18-9+. The molecule has 4 aromatic rings. The van der Waals surface area contributed by atoms with E-state index in [4.69, 9.17) is 21.4 Å². The number of nitrogens with one attached hydrogen (secondary N) is 1. The molecular formula is C22H15ClN2O4. The number of nitrogens with zero attached hydrogens (tertiary/aromatic N) is 1. The summed E-state index contributed by atoms with van der Waals surface area (Å²) in [4.78, 5) is 30.5. The molecule has 6 nitrogen and oxygen atoms in total. The quantitative estimate of drug-likeness (QED) is 0.519. The number of aromatic amines is 1. The number of aromatic carboxylic acids is 1. The first-order valence-corrected chi connectivity index (χ1v) is 9.05. The molecule has 1 aromatic heterocycles. The van der Waals surface area contributed by atoms with Crippen molar-refractivity contribution in [1.82, 2.24) is 9.97 Å². The molecule has 0 radical (unpaired) electrons. The number of hydrogen-bond donors (Lipinski definition) is 2. The summed E-state index contributed by atoms with van der Waals surface area (Å²) in [5, 5.41) is 11.7. The Labute approximate surface area is 170 Å². The molecule has 3 aromatic carbocycles. The fraction of sp³-hybridized carbons (Fsp3) is 0.0455. The lowest BCUT2D eigenvalue weighted by Crippen LogP contribution is -2.11. The Morgan fingerprint density at radius 2 is 1.86 bits per heavy atom. The normalized spacial score (nSPS) is 11.7. The molecule has 2 N–H and O–H groups in total. The van der Waals surface area contributed by atoms with E-state index < -0.39 is 5.97 Å². The minimum absolute atomic E-state index is 0.0478. The SMILES string of the molecule is COc1ccc2cc(/C=C(/Cl)c3nc4cc(C(=O)O)ccc4c(=O)[nH]3)ccc2c1. The average molecular weight is 407 g/mol. The molecule has 0 amide bonds. The Morgan fingerprint density at radius 3 is 2.62 bits per heavy atom. The molecular weight excluding hydrogens is 392 g/mol. The van der Waals surface area contributed by atoms with Crippen molar-refractivity contribution in [3.8, 4) is 5.75 Å².